The van der Waals surface area contributed by atoms with Crippen molar-refractivity contribution < 1.29 is 9.53 Å². The molecule has 32 heavy (non-hydrogen) atoms. The SMILES string of the molecule is Cc1c(C#N)c(NC(=O)CSc2nc3ccccc3n2C(C)C)n(C[C@@H]2CCCO2)c1C. The minimum absolute atomic E-state index is 0.114. The number of nitrogens with zero attached hydrogens (tertiary/aromatic N) is 4. The first-order valence-corrected chi connectivity index (χ1v) is 12.0. The molecule has 0 saturated carbocycles. The van der Waals surface area contributed by atoms with Crippen LogP contribution in [-0.2, 0) is 16.1 Å². The van der Waals surface area contributed by atoms with Crippen LogP contribution in [-0.4, -0.2) is 38.5 Å². The lowest BCUT2D eigenvalue weighted by molar-refractivity contribution is -0.113. The largest absolute Gasteiger partial charge is 0.376 e. The summed E-state index contributed by atoms with van der Waals surface area (Å²) >= 11 is 1.41. The second-order valence-electron chi connectivity index (χ2n) is 8.48. The standard InChI is InChI=1S/C24H29N5O2S/c1-15(2)29-21-10-6-5-9-20(21)26-24(29)32-14-22(30)27-23-19(12-25)16(3)17(4)28(23)13-18-8-7-11-31-18/h5-6,9-10,15,18H,7-8,11,13-14H2,1-4H3,(H,27,30)/t18-/m0/s1. The van der Waals surface area contributed by atoms with Gasteiger partial charge < -0.3 is 19.2 Å². The quantitative estimate of drug-likeness (QED) is 0.521. The molecule has 4 rings (SSSR count). The number of para-hydroxylation sites is 2. The second-order valence-corrected chi connectivity index (χ2v) is 9.42. The molecule has 1 atom stereocenters. The number of imidazole rings is 1. The van der Waals surface area contributed by atoms with E-state index < -0.39 is 0 Å². The van der Waals surface area contributed by atoms with Crippen molar-refractivity contribution >= 4 is 34.5 Å². The molecular weight excluding hydrogens is 422 g/mol. The summed E-state index contributed by atoms with van der Waals surface area (Å²) in [7, 11) is 0. The normalized spacial score (nSPS) is 16.1. The van der Waals surface area contributed by atoms with E-state index in [-0.39, 0.29) is 23.8 Å². The molecule has 1 saturated heterocycles. The molecule has 8 heteroatoms. The van der Waals surface area contributed by atoms with Gasteiger partial charge in [0.2, 0.25) is 5.91 Å². The Morgan fingerprint density at radius 1 is 1.38 bits per heavy atom. The van der Waals surface area contributed by atoms with Crippen LogP contribution in [0.2, 0.25) is 0 Å². The van der Waals surface area contributed by atoms with Gasteiger partial charge in [0.15, 0.2) is 5.16 Å². The van der Waals surface area contributed by atoms with E-state index in [1.165, 1.54) is 11.8 Å². The van der Waals surface area contributed by atoms with Gasteiger partial charge in [-0.25, -0.2) is 4.98 Å². The molecule has 1 aromatic carbocycles. The van der Waals surface area contributed by atoms with Crippen LogP contribution in [0, 0.1) is 25.2 Å². The number of amides is 1. The maximum atomic E-state index is 12.9. The molecule has 7 nitrogen and oxygen atoms in total. The van der Waals surface area contributed by atoms with E-state index in [0.717, 1.165) is 46.9 Å². The summed E-state index contributed by atoms with van der Waals surface area (Å²) in [4.78, 5) is 17.7. The van der Waals surface area contributed by atoms with Crippen molar-refractivity contribution in [3.8, 4) is 6.07 Å². The number of thioether (sulfide) groups is 1. The zero-order valence-corrected chi connectivity index (χ0v) is 19.8. The molecule has 0 radical (unpaired) electrons. The highest BCUT2D eigenvalue weighted by Gasteiger charge is 2.24. The van der Waals surface area contributed by atoms with Crippen molar-refractivity contribution in [1.82, 2.24) is 14.1 Å². The van der Waals surface area contributed by atoms with Gasteiger partial charge in [0.05, 0.1) is 35.0 Å². The lowest BCUT2D eigenvalue weighted by Crippen LogP contribution is -2.22. The molecule has 1 amide bonds. The van der Waals surface area contributed by atoms with Gasteiger partial charge in [0.1, 0.15) is 11.9 Å². The van der Waals surface area contributed by atoms with Crippen molar-refractivity contribution in [2.45, 2.75) is 64.4 Å². The number of nitrogens with one attached hydrogen (secondary N) is 1. The van der Waals surface area contributed by atoms with Crippen LogP contribution in [0.25, 0.3) is 11.0 Å². The average Bonchev–Trinajstić information content (AvgIpc) is 3.46. The minimum Gasteiger partial charge on any atom is -0.376 e. The number of rotatable bonds is 7. The van der Waals surface area contributed by atoms with Crippen molar-refractivity contribution in [3.63, 3.8) is 0 Å². The number of carbonyl (C=O) groups is 1. The zero-order chi connectivity index (χ0) is 22.8. The summed E-state index contributed by atoms with van der Waals surface area (Å²) in [5.41, 5.74) is 4.39. The van der Waals surface area contributed by atoms with Crippen LogP contribution in [0.5, 0.6) is 0 Å². The summed E-state index contributed by atoms with van der Waals surface area (Å²) in [5.74, 6) is 0.630. The Labute approximate surface area is 192 Å². The average molecular weight is 452 g/mol. The third-order valence-electron chi connectivity index (χ3n) is 6.02. The molecule has 2 aromatic heterocycles. The molecule has 3 aromatic rings. The maximum Gasteiger partial charge on any atom is 0.235 e. The van der Waals surface area contributed by atoms with Gasteiger partial charge in [-0.05, 0) is 58.2 Å². The maximum absolute atomic E-state index is 12.9. The third kappa shape index (κ3) is 4.27. The number of carbonyl (C=O) groups excluding carboxylic acids is 1. The van der Waals surface area contributed by atoms with E-state index in [1.807, 2.05) is 36.6 Å². The smallest absolute Gasteiger partial charge is 0.235 e. The van der Waals surface area contributed by atoms with Crippen LogP contribution in [0.4, 0.5) is 5.82 Å². The van der Waals surface area contributed by atoms with Crippen LogP contribution < -0.4 is 5.32 Å². The number of fused-ring (bicyclic) bond motifs is 1. The Morgan fingerprint density at radius 2 is 2.16 bits per heavy atom. The van der Waals surface area contributed by atoms with Gasteiger partial charge in [-0.2, -0.15) is 5.26 Å². The highest BCUT2D eigenvalue weighted by atomic mass is 32.2. The Kier molecular flexibility index (Phi) is 6.58. The van der Waals surface area contributed by atoms with Crippen LogP contribution in [0.3, 0.4) is 0 Å². The van der Waals surface area contributed by atoms with E-state index in [4.69, 9.17) is 9.72 Å². The first-order valence-electron chi connectivity index (χ1n) is 11.0. The van der Waals surface area contributed by atoms with E-state index in [2.05, 4.69) is 35.9 Å². The van der Waals surface area contributed by atoms with Crippen molar-refractivity contribution in [3.05, 3.63) is 41.1 Å². The number of aromatic nitrogens is 3. The van der Waals surface area contributed by atoms with Crippen LogP contribution >= 0.6 is 11.8 Å². The molecule has 168 valence electrons. The molecule has 0 aliphatic carbocycles. The molecule has 0 bridgehead atoms. The number of ether oxygens (including phenoxy) is 1. The monoisotopic (exact) mass is 451 g/mol. The van der Waals surface area contributed by atoms with Crippen LogP contribution in [0.1, 0.15) is 49.6 Å². The molecule has 3 heterocycles. The summed E-state index contributed by atoms with van der Waals surface area (Å²) in [6.07, 6.45) is 2.15. The molecule has 1 N–H and O–H groups in total. The highest BCUT2D eigenvalue weighted by molar-refractivity contribution is 7.99. The fraction of sp³-hybridized carbons (Fsp3) is 0.458. The van der Waals surface area contributed by atoms with Gasteiger partial charge >= 0.3 is 0 Å². The van der Waals surface area contributed by atoms with Crippen molar-refractivity contribution in [1.29, 1.82) is 5.26 Å². The highest BCUT2D eigenvalue weighted by Crippen LogP contribution is 2.30. The minimum atomic E-state index is -0.153. The van der Waals surface area contributed by atoms with Crippen LogP contribution in [0.15, 0.2) is 29.4 Å². The molecule has 1 aliphatic rings. The van der Waals surface area contributed by atoms with E-state index in [0.29, 0.717) is 17.9 Å². The molecular formula is C24H29N5O2S. The number of benzene rings is 1. The first-order chi connectivity index (χ1) is 15.4. The van der Waals surface area contributed by atoms with Crippen molar-refractivity contribution in [2.24, 2.45) is 0 Å². The number of hydrogen-bond donors (Lipinski definition) is 1. The summed E-state index contributed by atoms with van der Waals surface area (Å²) in [6.45, 7) is 9.54. The van der Waals surface area contributed by atoms with Gasteiger partial charge in [0.25, 0.3) is 0 Å². The molecule has 0 unspecified atom stereocenters. The van der Waals surface area contributed by atoms with E-state index in [9.17, 15) is 10.1 Å². The zero-order valence-electron chi connectivity index (χ0n) is 19.0. The van der Waals surface area contributed by atoms with Gasteiger partial charge in [-0.15, -0.1) is 0 Å². The predicted octanol–water partition coefficient (Wildman–Crippen LogP) is 4.82. The fourth-order valence-corrected chi connectivity index (χ4v) is 5.22. The predicted molar refractivity (Wildman–Crippen MR) is 127 cm³/mol. The number of anilines is 1. The number of nitriles is 1. The van der Waals surface area contributed by atoms with E-state index >= 15 is 0 Å². The summed E-state index contributed by atoms with van der Waals surface area (Å²) in [6, 6.07) is 10.5. The van der Waals surface area contributed by atoms with Gasteiger partial charge in [-0.3, -0.25) is 4.79 Å². The Balaban J connectivity index is 1.54. The Hall–Kier alpha value is -2.76. The second kappa shape index (κ2) is 9.39. The third-order valence-corrected chi connectivity index (χ3v) is 6.97. The fourth-order valence-electron chi connectivity index (χ4n) is 4.27. The first kappa shape index (κ1) is 22.4. The Bertz CT molecular complexity index is 1180. The van der Waals surface area contributed by atoms with Gasteiger partial charge in [-0.1, -0.05) is 23.9 Å². The number of hydrogen-bond acceptors (Lipinski definition) is 5. The molecule has 1 aliphatic heterocycles. The molecule has 1 fully saturated rings. The van der Waals surface area contributed by atoms with Gasteiger partial charge in [0, 0.05) is 18.3 Å². The lowest BCUT2D eigenvalue weighted by atomic mass is 10.2. The topological polar surface area (TPSA) is 84.9 Å². The summed E-state index contributed by atoms with van der Waals surface area (Å²) in [5, 5.41) is 13.6. The van der Waals surface area contributed by atoms with Crippen molar-refractivity contribution in [2.75, 3.05) is 17.7 Å². The van der Waals surface area contributed by atoms with E-state index in [1.54, 1.807) is 0 Å². The Morgan fingerprint density at radius 3 is 2.84 bits per heavy atom. The molecule has 0 spiro atoms. The summed E-state index contributed by atoms with van der Waals surface area (Å²) < 4.78 is 9.97. The lowest BCUT2D eigenvalue weighted by Gasteiger charge is -2.17.